The zero-order valence-electron chi connectivity index (χ0n) is 8.84. The van der Waals surface area contributed by atoms with E-state index >= 15 is 0 Å². The molecule has 1 heterocycles. The van der Waals surface area contributed by atoms with Crippen LogP contribution in [0.2, 0.25) is 0 Å². The minimum absolute atomic E-state index is 0.439. The lowest BCUT2D eigenvalue weighted by atomic mass is 10.0. The molecule has 3 rings (SSSR count). The van der Waals surface area contributed by atoms with Gasteiger partial charge in [-0.15, -0.1) is 6.42 Å². The highest BCUT2D eigenvalue weighted by molar-refractivity contribution is 6.07. The largest absolute Gasteiger partial charge is 0.443 e. The Hall–Kier alpha value is -2.47. The van der Waals surface area contributed by atoms with Crippen molar-refractivity contribution >= 4 is 16.7 Å². The Bertz CT molecular complexity index is 652. The number of rotatable bonds is 0. The number of cyclic esters (lactones) is 1. The number of fused-ring (bicyclic) bond motifs is 3. The Labute approximate surface area is 98.0 Å². The fourth-order valence-electron chi connectivity index (χ4n) is 1.92. The minimum Gasteiger partial charge on any atom is -0.443 e. The predicted molar refractivity (Wildman–Crippen MR) is 62.6 cm³/mol. The van der Waals surface area contributed by atoms with Crippen molar-refractivity contribution < 1.29 is 14.3 Å². The third-order valence-corrected chi connectivity index (χ3v) is 2.68. The van der Waals surface area contributed by atoms with Crippen LogP contribution >= 0.6 is 0 Å². The molecule has 0 N–H and O–H groups in total. The number of ether oxygens (including phenoxy) is 2. The van der Waals surface area contributed by atoms with Gasteiger partial charge in [-0.3, -0.25) is 0 Å². The van der Waals surface area contributed by atoms with Crippen molar-refractivity contribution in [3.8, 4) is 18.1 Å². The van der Waals surface area contributed by atoms with E-state index in [0.717, 1.165) is 10.8 Å². The Balaban J connectivity index is 2.28. The zero-order valence-corrected chi connectivity index (χ0v) is 8.84. The third kappa shape index (κ3) is 1.42. The van der Waals surface area contributed by atoms with Gasteiger partial charge < -0.3 is 9.47 Å². The molecule has 3 nitrogen and oxygen atoms in total. The maximum Gasteiger partial charge on any atom is 0.346 e. The van der Waals surface area contributed by atoms with E-state index in [1.165, 1.54) is 0 Å². The van der Waals surface area contributed by atoms with Crippen molar-refractivity contribution in [1.82, 2.24) is 0 Å². The Morgan fingerprint density at radius 3 is 2.76 bits per heavy atom. The second kappa shape index (κ2) is 3.53. The van der Waals surface area contributed by atoms with Gasteiger partial charge >= 0.3 is 12.3 Å². The van der Waals surface area contributed by atoms with E-state index in [4.69, 9.17) is 15.9 Å². The van der Waals surface area contributed by atoms with Gasteiger partial charge in [0.2, 0.25) is 0 Å². The number of carbonyl (C=O) groups excluding carboxylic acids is 1. The summed E-state index contributed by atoms with van der Waals surface area (Å²) in [6.45, 7) is 0. The number of hydrogen-bond acceptors (Lipinski definition) is 3. The van der Waals surface area contributed by atoms with Gasteiger partial charge in [0, 0.05) is 0 Å². The monoisotopic (exact) mass is 224 g/mol. The van der Waals surface area contributed by atoms with Gasteiger partial charge in [-0.2, -0.15) is 0 Å². The molecule has 0 fully saturated rings. The van der Waals surface area contributed by atoms with Crippen molar-refractivity contribution in [2.24, 2.45) is 0 Å². The fraction of sp³-hybridized carbons (Fsp3) is 0.0714. The van der Waals surface area contributed by atoms with E-state index in [0.29, 0.717) is 11.3 Å². The van der Waals surface area contributed by atoms with Crippen LogP contribution in [0.5, 0.6) is 5.75 Å². The van der Waals surface area contributed by atoms with Crippen LogP contribution in [-0.2, 0) is 4.74 Å². The summed E-state index contributed by atoms with van der Waals surface area (Å²) in [6, 6.07) is 11.2. The molecule has 17 heavy (non-hydrogen) atoms. The molecule has 0 amide bonds. The Morgan fingerprint density at radius 1 is 1.12 bits per heavy atom. The number of hydrogen-bond donors (Lipinski definition) is 0. The van der Waals surface area contributed by atoms with E-state index in [2.05, 4.69) is 5.92 Å². The Kier molecular flexibility index (Phi) is 2.02. The molecule has 1 unspecified atom stereocenters. The summed E-state index contributed by atoms with van der Waals surface area (Å²) >= 11 is 0. The Morgan fingerprint density at radius 2 is 1.94 bits per heavy atom. The van der Waals surface area contributed by atoms with Gasteiger partial charge in [0.1, 0.15) is 11.3 Å². The zero-order chi connectivity index (χ0) is 11.8. The average molecular weight is 224 g/mol. The van der Waals surface area contributed by atoms with E-state index in [9.17, 15) is 4.79 Å². The topological polar surface area (TPSA) is 35.5 Å². The van der Waals surface area contributed by atoms with Crippen LogP contribution < -0.4 is 4.74 Å². The highest BCUT2D eigenvalue weighted by atomic mass is 16.7. The van der Waals surface area contributed by atoms with E-state index in [-0.39, 0.29) is 0 Å². The van der Waals surface area contributed by atoms with Crippen molar-refractivity contribution in [2.45, 2.75) is 6.29 Å². The molecule has 0 aliphatic carbocycles. The highest BCUT2D eigenvalue weighted by Crippen LogP contribution is 2.32. The van der Waals surface area contributed by atoms with E-state index in [1.54, 1.807) is 6.07 Å². The smallest absolute Gasteiger partial charge is 0.346 e. The van der Waals surface area contributed by atoms with Gasteiger partial charge in [0.05, 0.1) is 0 Å². The molecule has 0 radical (unpaired) electrons. The molecule has 0 bridgehead atoms. The first-order valence-electron chi connectivity index (χ1n) is 5.15. The van der Waals surface area contributed by atoms with Crippen LogP contribution in [-0.4, -0.2) is 12.3 Å². The predicted octanol–water partition coefficient (Wildman–Crippen LogP) is 2.35. The molecule has 2 aromatic rings. The molecule has 0 aromatic heterocycles. The molecule has 82 valence electrons. The maximum absolute atomic E-state index is 11.9. The third-order valence-electron chi connectivity index (χ3n) is 2.68. The molecule has 2 aromatic carbocycles. The molecule has 0 spiro atoms. The minimum atomic E-state index is -0.934. The molecule has 0 saturated carbocycles. The lowest BCUT2D eigenvalue weighted by Crippen LogP contribution is -2.28. The van der Waals surface area contributed by atoms with Crippen molar-refractivity contribution in [3.63, 3.8) is 0 Å². The van der Waals surface area contributed by atoms with E-state index in [1.807, 2.05) is 30.3 Å². The fourth-order valence-corrected chi connectivity index (χ4v) is 1.92. The molecule has 3 heteroatoms. The summed E-state index contributed by atoms with van der Waals surface area (Å²) in [5.41, 5.74) is 0.439. The summed E-state index contributed by atoms with van der Waals surface area (Å²) in [4.78, 5) is 11.9. The molecular weight excluding hydrogens is 216 g/mol. The SMILES string of the molecule is C#CC1OC(=O)c2c(ccc3ccccc23)O1. The van der Waals surface area contributed by atoms with Crippen molar-refractivity contribution in [3.05, 3.63) is 42.0 Å². The lowest BCUT2D eigenvalue weighted by Gasteiger charge is -2.22. The summed E-state index contributed by atoms with van der Waals surface area (Å²) in [6.07, 6.45) is 4.25. The van der Waals surface area contributed by atoms with E-state index < -0.39 is 12.3 Å². The summed E-state index contributed by atoms with van der Waals surface area (Å²) in [5.74, 6) is 2.29. The number of terminal acetylenes is 1. The molecule has 1 atom stereocenters. The first-order valence-corrected chi connectivity index (χ1v) is 5.15. The molecule has 0 saturated heterocycles. The van der Waals surface area contributed by atoms with Crippen LogP contribution in [0.3, 0.4) is 0 Å². The van der Waals surface area contributed by atoms with Crippen LogP contribution in [0, 0.1) is 12.3 Å². The lowest BCUT2D eigenvalue weighted by molar-refractivity contribution is -0.0278. The molecule has 1 aliphatic heterocycles. The average Bonchev–Trinajstić information content (AvgIpc) is 2.37. The molecular formula is C14H8O3. The van der Waals surface area contributed by atoms with Gasteiger partial charge in [0.25, 0.3) is 0 Å². The van der Waals surface area contributed by atoms with Crippen molar-refractivity contribution in [1.29, 1.82) is 0 Å². The van der Waals surface area contributed by atoms with Crippen LogP contribution in [0.1, 0.15) is 10.4 Å². The van der Waals surface area contributed by atoms with Gasteiger partial charge in [-0.05, 0) is 22.8 Å². The van der Waals surface area contributed by atoms with Gasteiger partial charge in [0.15, 0.2) is 0 Å². The summed E-state index contributed by atoms with van der Waals surface area (Å²) in [5, 5.41) is 1.77. The summed E-state index contributed by atoms with van der Waals surface area (Å²) in [7, 11) is 0. The number of benzene rings is 2. The molecule has 1 aliphatic rings. The second-order valence-electron chi connectivity index (χ2n) is 3.68. The van der Waals surface area contributed by atoms with Gasteiger partial charge in [-0.1, -0.05) is 30.3 Å². The second-order valence-corrected chi connectivity index (χ2v) is 3.68. The quantitative estimate of drug-likeness (QED) is 0.509. The normalized spacial score (nSPS) is 17.8. The number of esters is 1. The van der Waals surface area contributed by atoms with Crippen LogP contribution in [0.4, 0.5) is 0 Å². The van der Waals surface area contributed by atoms with Crippen LogP contribution in [0.25, 0.3) is 10.8 Å². The highest BCUT2D eigenvalue weighted by Gasteiger charge is 2.27. The first kappa shape index (κ1) is 9.73. The number of carbonyl (C=O) groups is 1. The van der Waals surface area contributed by atoms with Gasteiger partial charge in [-0.25, -0.2) is 4.79 Å². The van der Waals surface area contributed by atoms with Crippen molar-refractivity contribution in [2.75, 3.05) is 0 Å². The standard InChI is InChI=1S/C14H8O3/c1-2-12-16-11-8-7-9-5-3-4-6-10(9)13(11)14(15)17-12/h1,3-8,12H. The summed E-state index contributed by atoms with van der Waals surface area (Å²) < 4.78 is 10.4. The first-order chi connectivity index (χ1) is 8.29. The maximum atomic E-state index is 11.9. The van der Waals surface area contributed by atoms with Crippen LogP contribution in [0.15, 0.2) is 36.4 Å².